The molecule has 0 bridgehead atoms. The molecule has 0 aliphatic carbocycles. The highest BCUT2D eigenvalue weighted by atomic mass is 32.2. The smallest absolute Gasteiger partial charge is 0.259 e. The Morgan fingerprint density at radius 1 is 1.30 bits per heavy atom. The summed E-state index contributed by atoms with van der Waals surface area (Å²) in [5.41, 5.74) is -1.16. The maximum Gasteiger partial charge on any atom is 0.259 e. The predicted octanol–water partition coefficient (Wildman–Crippen LogP) is 2.91. The molecule has 1 amide bonds. The number of amides is 1. The van der Waals surface area contributed by atoms with Crippen molar-refractivity contribution in [1.29, 1.82) is 5.26 Å². The second-order valence-corrected chi connectivity index (χ2v) is 8.79. The van der Waals surface area contributed by atoms with E-state index in [1.807, 2.05) is 0 Å². The van der Waals surface area contributed by atoms with Gasteiger partial charge in [-0.3, -0.25) is 4.79 Å². The second kappa shape index (κ2) is 8.77. The number of benzene rings is 2. The van der Waals surface area contributed by atoms with Crippen molar-refractivity contribution in [1.82, 2.24) is 0 Å². The molecular formula is C20H18F2N2O5S. The van der Waals surface area contributed by atoms with E-state index in [4.69, 9.17) is 14.7 Å². The number of nitrogens with one attached hydrogen (secondary N) is 1. The molecule has 1 saturated heterocycles. The average molecular weight is 436 g/mol. The minimum atomic E-state index is -3.71. The maximum atomic E-state index is 14.1. The van der Waals surface area contributed by atoms with Gasteiger partial charge in [0.05, 0.1) is 41.2 Å². The van der Waals surface area contributed by atoms with Crippen LogP contribution in [-0.2, 0) is 14.6 Å². The molecule has 0 spiro atoms. The summed E-state index contributed by atoms with van der Waals surface area (Å²) in [6.07, 6.45) is 0.631. The topological polar surface area (TPSA) is 105 Å². The minimum Gasteiger partial charge on any atom is -0.496 e. The Bertz CT molecular complexity index is 1120. The SMILES string of the molecule is COc1ccc(S(=O)(=O)C[C@H]2CCOC2)cc1C(=O)Nc1cc(F)c(C#N)cc1F. The molecule has 1 atom stereocenters. The first-order valence-corrected chi connectivity index (χ1v) is 10.6. The number of halogens is 2. The normalized spacial score (nSPS) is 16.1. The summed E-state index contributed by atoms with van der Waals surface area (Å²) in [4.78, 5) is 12.6. The van der Waals surface area contributed by atoms with Crippen molar-refractivity contribution in [2.75, 3.05) is 31.4 Å². The average Bonchev–Trinajstić information content (AvgIpc) is 3.22. The van der Waals surface area contributed by atoms with Gasteiger partial charge >= 0.3 is 0 Å². The Balaban J connectivity index is 1.91. The molecule has 7 nitrogen and oxygen atoms in total. The molecule has 1 N–H and O–H groups in total. The molecule has 1 aliphatic rings. The summed E-state index contributed by atoms with van der Waals surface area (Å²) in [6, 6.07) is 6.62. The van der Waals surface area contributed by atoms with E-state index < -0.39 is 38.6 Å². The first-order valence-electron chi connectivity index (χ1n) is 8.94. The Morgan fingerprint density at radius 2 is 2.07 bits per heavy atom. The molecule has 158 valence electrons. The first kappa shape index (κ1) is 21.7. The van der Waals surface area contributed by atoms with Gasteiger partial charge in [0.1, 0.15) is 23.5 Å². The molecule has 2 aromatic rings. The Morgan fingerprint density at radius 3 is 2.70 bits per heavy atom. The zero-order valence-electron chi connectivity index (χ0n) is 15.9. The van der Waals surface area contributed by atoms with Crippen LogP contribution in [0.2, 0.25) is 0 Å². The molecule has 3 rings (SSSR count). The van der Waals surface area contributed by atoms with Crippen LogP contribution in [-0.4, -0.2) is 40.4 Å². The van der Waals surface area contributed by atoms with Crippen molar-refractivity contribution < 1.29 is 31.5 Å². The Kier molecular flexibility index (Phi) is 6.34. The van der Waals surface area contributed by atoms with Crippen LogP contribution in [0.15, 0.2) is 35.2 Å². The van der Waals surface area contributed by atoms with Crippen molar-refractivity contribution in [3.05, 3.63) is 53.1 Å². The number of nitrogens with zero attached hydrogens (tertiary/aromatic N) is 1. The largest absolute Gasteiger partial charge is 0.496 e. The fourth-order valence-electron chi connectivity index (χ4n) is 3.10. The number of carbonyl (C=O) groups excluding carboxylic acids is 1. The predicted molar refractivity (Wildman–Crippen MR) is 103 cm³/mol. The van der Waals surface area contributed by atoms with E-state index in [0.717, 1.165) is 6.07 Å². The van der Waals surface area contributed by atoms with Crippen molar-refractivity contribution >= 4 is 21.4 Å². The quantitative estimate of drug-likeness (QED) is 0.747. The minimum absolute atomic E-state index is 0.0603. The Labute approximate surface area is 172 Å². The molecule has 30 heavy (non-hydrogen) atoms. The molecule has 1 fully saturated rings. The lowest BCUT2D eigenvalue weighted by Crippen LogP contribution is -2.18. The van der Waals surface area contributed by atoms with E-state index in [0.29, 0.717) is 31.8 Å². The van der Waals surface area contributed by atoms with E-state index >= 15 is 0 Å². The zero-order chi connectivity index (χ0) is 21.9. The lowest BCUT2D eigenvalue weighted by molar-refractivity contribution is 0.102. The Hall–Kier alpha value is -3.03. The van der Waals surface area contributed by atoms with Crippen molar-refractivity contribution in [2.45, 2.75) is 11.3 Å². The van der Waals surface area contributed by atoms with E-state index in [1.165, 1.54) is 25.3 Å². The van der Waals surface area contributed by atoms with Gasteiger partial charge in [0.25, 0.3) is 5.91 Å². The number of hydrogen-bond acceptors (Lipinski definition) is 6. The van der Waals surface area contributed by atoms with Crippen molar-refractivity contribution in [3.8, 4) is 11.8 Å². The number of anilines is 1. The van der Waals surface area contributed by atoms with Crippen LogP contribution in [0.4, 0.5) is 14.5 Å². The summed E-state index contributed by atoms with van der Waals surface area (Å²) in [5.74, 6) is -3.11. The molecule has 0 unspecified atom stereocenters. The van der Waals surface area contributed by atoms with Gasteiger partial charge in [-0.1, -0.05) is 0 Å². The number of sulfone groups is 1. The standard InChI is InChI=1S/C20H18F2N2O5S/c1-28-19-3-2-14(30(26,27)11-12-4-5-29-10-12)7-15(19)20(25)24-18-8-16(21)13(9-23)6-17(18)22/h2-3,6-8,12H,4-5,10-11H2,1H3,(H,24,25)/t12-/m0/s1. The third kappa shape index (κ3) is 4.58. The number of hydrogen-bond donors (Lipinski definition) is 1. The van der Waals surface area contributed by atoms with Crippen LogP contribution >= 0.6 is 0 Å². The molecule has 1 heterocycles. The van der Waals surface area contributed by atoms with Gasteiger partial charge in [-0.05, 0) is 36.6 Å². The van der Waals surface area contributed by atoms with Gasteiger partial charge in [0.15, 0.2) is 9.84 Å². The van der Waals surface area contributed by atoms with Gasteiger partial charge in [-0.25, -0.2) is 17.2 Å². The van der Waals surface area contributed by atoms with Crippen molar-refractivity contribution in [3.63, 3.8) is 0 Å². The summed E-state index contributed by atoms with van der Waals surface area (Å²) in [7, 11) is -2.42. The van der Waals surface area contributed by atoms with Gasteiger partial charge in [-0.2, -0.15) is 5.26 Å². The highest BCUT2D eigenvalue weighted by molar-refractivity contribution is 7.91. The van der Waals surface area contributed by atoms with Crippen LogP contribution < -0.4 is 10.1 Å². The lowest BCUT2D eigenvalue weighted by atomic mass is 10.1. The summed E-state index contributed by atoms with van der Waals surface area (Å²) >= 11 is 0. The first-order chi connectivity index (χ1) is 14.2. The zero-order valence-corrected chi connectivity index (χ0v) is 16.8. The highest BCUT2D eigenvalue weighted by Gasteiger charge is 2.26. The lowest BCUT2D eigenvalue weighted by Gasteiger charge is -2.13. The van der Waals surface area contributed by atoms with E-state index in [2.05, 4.69) is 5.32 Å². The highest BCUT2D eigenvalue weighted by Crippen LogP contribution is 2.27. The fourth-order valence-corrected chi connectivity index (χ4v) is 4.75. The van der Waals surface area contributed by atoms with E-state index in [-0.39, 0.29) is 27.9 Å². The fraction of sp³-hybridized carbons (Fsp3) is 0.300. The van der Waals surface area contributed by atoms with Gasteiger partial charge in [-0.15, -0.1) is 0 Å². The molecule has 1 aliphatic heterocycles. The number of carbonyl (C=O) groups is 1. The van der Waals surface area contributed by atoms with Crippen LogP contribution in [0, 0.1) is 28.9 Å². The maximum absolute atomic E-state index is 14.1. The number of ether oxygens (including phenoxy) is 2. The monoisotopic (exact) mass is 436 g/mol. The van der Waals surface area contributed by atoms with Gasteiger partial charge in [0.2, 0.25) is 0 Å². The molecule has 2 aromatic carbocycles. The number of nitriles is 1. The molecular weight excluding hydrogens is 418 g/mol. The molecule has 0 radical (unpaired) electrons. The molecule has 10 heteroatoms. The van der Waals surface area contributed by atoms with Gasteiger partial charge in [0, 0.05) is 12.7 Å². The summed E-state index contributed by atoms with van der Waals surface area (Å²) < 4.78 is 63.6. The van der Waals surface area contributed by atoms with E-state index in [1.54, 1.807) is 0 Å². The van der Waals surface area contributed by atoms with Crippen LogP contribution in [0.5, 0.6) is 5.75 Å². The molecule has 0 saturated carbocycles. The number of rotatable bonds is 6. The summed E-state index contributed by atoms with van der Waals surface area (Å²) in [6.45, 7) is 0.857. The van der Waals surface area contributed by atoms with Gasteiger partial charge < -0.3 is 14.8 Å². The second-order valence-electron chi connectivity index (χ2n) is 6.75. The molecule has 0 aromatic heterocycles. The third-order valence-corrected chi connectivity index (χ3v) is 6.56. The van der Waals surface area contributed by atoms with Crippen LogP contribution in [0.25, 0.3) is 0 Å². The van der Waals surface area contributed by atoms with Crippen molar-refractivity contribution in [2.24, 2.45) is 5.92 Å². The number of methoxy groups -OCH3 is 1. The van der Waals surface area contributed by atoms with Crippen LogP contribution in [0.1, 0.15) is 22.3 Å². The summed E-state index contributed by atoms with van der Waals surface area (Å²) in [5, 5.41) is 10.9. The third-order valence-electron chi connectivity index (χ3n) is 4.68. The van der Waals surface area contributed by atoms with Crippen LogP contribution in [0.3, 0.4) is 0 Å². The van der Waals surface area contributed by atoms with E-state index in [9.17, 15) is 22.0 Å².